The van der Waals surface area contributed by atoms with Gasteiger partial charge in [0.05, 0.1) is 29.8 Å². The number of aryl methyl sites for hydroxylation is 1. The zero-order valence-corrected chi connectivity index (χ0v) is 17.1. The lowest BCUT2D eigenvalue weighted by Crippen LogP contribution is -2.15. The van der Waals surface area contributed by atoms with E-state index in [0.29, 0.717) is 28.8 Å². The van der Waals surface area contributed by atoms with E-state index in [4.69, 9.17) is 0 Å². The van der Waals surface area contributed by atoms with Crippen LogP contribution in [0.15, 0.2) is 43.1 Å². The van der Waals surface area contributed by atoms with Crippen molar-refractivity contribution >= 4 is 17.2 Å². The second kappa shape index (κ2) is 8.07. The summed E-state index contributed by atoms with van der Waals surface area (Å²) in [4.78, 5) is 8.86. The molecule has 9 heteroatoms. The van der Waals surface area contributed by atoms with Crippen molar-refractivity contribution in [2.24, 2.45) is 0 Å². The predicted octanol–water partition coefficient (Wildman–Crippen LogP) is 4.24. The molecule has 0 bridgehead atoms. The van der Waals surface area contributed by atoms with Crippen LogP contribution in [0.4, 0.5) is 20.3 Å². The average Bonchev–Trinajstić information content (AvgIpc) is 3.35. The van der Waals surface area contributed by atoms with Crippen molar-refractivity contribution in [3.8, 4) is 11.3 Å². The molecule has 160 valence electrons. The third-order valence-electron chi connectivity index (χ3n) is 5.74. The molecule has 1 aliphatic rings. The summed E-state index contributed by atoms with van der Waals surface area (Å²) < 4.78 is 31.9. The normalized spacial score (nSPS) is 17.1. The van der Waals surface area contributed by atoms with Crippen molar-refractivity contribution in [1.82, 2.24) is 29.5 Å². The molecule has 2 N–H and O–H groups in total. The van der Waals surface area contributed by atoms with Crippen LogP contribution in [-0.2, 0) is 0 Å². The highest BCUT2D eigenvalue weighted by Gasteiger charge is 2.17. The zero-order chi connectivity index (χ0) is 21.4. The van der Waals surface area contributed by atoms with Crippen LogP contribution >= 0.6 is 0 Å². The first kappa shape index (κ1) is 19.6. The maximum absolute atomic E-state index is 14.5. The number of hydrogen-bond acceptors (Lipinski definition) is 5. The second-order valence-corrected chi connectivity index (χ2v) is 7.86. The lowest BCUT2D eigenvalue weighted by atomic mass is 10.1. The molecule has 1 fully saturated rings. The Balaban J connectivity index is 1.46. The molecule has 7 nitrogen and oxygen atoms in total. The van der Waals surface area contributed by atoms with E-state index in [9.17, 15) is 8.78 Å². The van der Waals surface area contributed by atoms with Crippen LogP contribution in [0, 0.1) is 18.6 Å². The van der Waals surface area contributed by atoms with Gasteiger partial charge in [-0.25, -0.2) is 18.7 Å². The third-order valence-corrected chi connectivity index (χ3v) is 5.74. The molecule has 0 unspecified atom stereocenters. The Kier molecular flexibility index (Phi) is 5.11. The van der Waals surface area contributed by atoms with Crippen molar-refractivity contribution in [1.29, 1.82) is 0 Å². The van der Waals surface area contributed by atoms with Crippen LogP contribution in [-0.4, -0.2) is 37.2 Å². The zero-order valence-electron chi connectivity index (χ0n) is 17.1. The van der Waals surface area contributed by atoms with Crippen molar-refractivity contribution in [3.05, 3.63) is 60.3 Å². The Bertz CT molecular complexity index is 1220. The quantitative estimate of drug-likeness (QED) is 0.514. The fourth-order valence-electron chi connectivity index (χ4n) is 4.06. The van der Waals surface area contributed by atoms with E-state index in [1.165, 1.54) is 6.07 Å². The number of benzene rings is 1. The summed E-state index contributed by atoms with van der Waals surface area (Å²) in [6.07, 6.45) is 11.9. The molecule has 1 aromatic carbocycles. The Morgan fingerprint density at radius 2 is 2.00 bits per heavy atom. The van der Waals surface area contributed by atoms with Crippen molar-refractivity contribution < 1.29 is 8.78 Å². The summed E-state index contributed by atoms with van der Waals surface area (Å²) in [6, 6.07) is 2.76. The third kappa shape index (κ3) is 3.76. The van der Waals surface area contributed by atoms with E-state index < -0.39 is 11.6 Å². The van der Waals surface area contributed by atoms with Gasteiger partial charge in [-0.2, -0.15) is 5.10 Å². The van der Waals surface area contributed by atoms with Gasteiger partial charge in [0.25, 0.3) is 0 Å². The molecule has 1 aliphatic heterocycles. The fraction of sp³-hybridized carbons (Fsp3) is 0.318. The molecular weight excluding hydrogens is 400 g/mol. The monoisotopic (exact) mass is 423 g/mol. The van der Waals surface area contributed by atoms with Gasteiger partial charge in [-0.15, -0.1) is 0 Å². The summed E-state index contributed by atoms with van der Waals surface area (Å²) in [6.45, 7) is 3.64. The number of nitrogens with one attached hydrogen (secondary N) is 2. The van der Waals surface area contributed by atoms with E-state index >= 15 is 0 Å². The first-order chi connectivity index (χ1) is 15.1. The number of nitrogens with zero attached hydrogens (tertiary/aromatic N) is 5. The molecule has 1 atom stereocenters. The van der Waals surface area contributed by atoms with Crippen LogP contribution < -0.4 is 10.6 Å². The van der Waals surface area contributed by atoms with E-state index in [0.717, 1.165) is 44.1 Å². The molecule has 0 saturated carbocycles. The van der Waals surface area contributed by atoms with Crippen LogP contribution in [0.25, 0.3) is 16.9 Å². The number of rotatable bonds is 4. The summed E-state index contributed by atoms with van der Waals surface area (Å²) in [7, 11) is 0. The molecule has 0 spiro atoms. The van der Waals surface area contributed by atoms with Crippen LogP contribution in [0.2, 0.25) is 0 Å². The van der Waals surface area contributed by atoms with Crippen LogP contribution in [0.5, 0.6) is 0 Å². The molecular formula is C22H23F2N7. The summed E-state index contributed by atoms with van der Waals surface area (Å²) >= 11 is 0. The minimum absolute atomic E-state index is 0.274. The SMILES string of the molecule is Cc1cc(-c2cnc(Nc3cnn([C@@H]4CCCNCC4)c3)c3nccn23)c(F)cc1F. The summed E-state index contributed by atoms with van der Waals surface area (Å²) in [5.41, 5.74) is 2.50. The number of halogens is 2. The highest BCUT2D eigenvalue weighted by Crippen LogP contribution is 2.29. The maximum Gasteiger partial charge on any atom is 0.180 e. The van der Waals surface area contributed by atoms with Gasteiger partial charge in [-0.1, -0.05) is 0 Å². The summed E-state index contributed by atoms with van der Waals surface area (Å²) in [5.74, 6) is -0.675. The van der Waals surface area contributed by atoms with Crippen LogP contribution in [0.1, 0.15) is 30.9 Å². The predicted molar refractivity (Wildman–Crippen MR) is 114 cm³/mol. The molecule has 1 saturated heterocycles. The maximum atomic E-state index is 14.5. The van der Waals surface area contributed by atoms with Gasteiger partial charge < -0.3 is 10.6 Å². The molecule has 0 amide bonds. The lowest BCUT2D eigenvalue weighted by molar-refractivity contribution is 0.414. The highest BCUT2D eigenvalue weighted by molar-refractivity contribution is 5.74. The summed E-state index contributed by atoms with van der Waals surface area (Å²) in [5, 5.41) is 11.2. The Morgan fingerprint density at radius 3 is 2.90 bits per heavy atom. The second-order valence-electron chi connectivity index (χ2n) is 7.86. The van der Waals surface area contributed by atoms with Gasteiger partial charge in [0, 0.05) is 30.2 Å². The van der Waals surface area contributed by atoms with Gasteiger partial charge in [-0.05, 0) is 50.9 Å². The number of aromatic nitrogens is 5. The van der Waals surface area contributed by atoms with E-state index in [1.54, 1.807) is 36.1 Å². The Labute approximate surface area is 178 Å². The Hall–Kier alpha value is -3.33. The number of imidazole rings is 1. The molecule has 0 radical (unpaired) electrons. The topological polar surface area (TPSA) is 72.1 Å². The van der Waals surface area contributed by atoms with Gasteiger partial charge in [-0.3, -0.25) is 9.08 Å². The van der Waals surface area contributed by atoms with E-state index in [1.807, 2.05) is 10.9 Å². The Morgan fingerprint density at radius 1 is 1.10 bits per heavy atom. The number of hydrogen-bond donors (Lipinski definition) is 2. The van der Waals surface area contributed by atoms with Crippen LogP contribution in [0.3, 0.4) is 0 Å². The minimum Gasteiger partial charge on any atom is -0.335 e. The largest absolute Gasteiger partial charge is 0.335 e. The van der Waals surface area contributed by atoms with E-state index in [-0.39, 0.29) is 5.56 Å². The first-order valence-corrected chi connectivity index (χ1v) is 10.4. The molecule has 0 aliphatic carbocycles. The molecule has 3 aromatic heterocycles. The van der Waals surface area contributed by atoms with Crippen molar-refractivity contribution in [2.45, 2.75) is 32.2 Å². The van der Waals surface area contributed by atoms with Gasteiger partial charge in [0.15, 0.2) is 11.5 Å². The minimum atomic E-state index is -0.639. The van der Waals surface area contributed by atoms with E-state index in [2.05, 4.69) is 25.7 Å². The van der Waals surface area contributed by atoms with Gasteiger partial charge in [0.2, 0.25) is 0 Å². The smallest absolute Gasteiger partial charge is 0.180 e. The standard InChI is InChI=1S/C22H23F2N7/c1-14-9-17(19(24)10-18(14)23)20-12-27-21(22-26-7-8-30(20)22)29-15-11-28-31(13-15)16-3-2-5-25-6-4-16/h7-13,16,25H,2-6H2,1H3,(H,27,29)/t16-/m1/s1. The van der Waals surface area contributed by atoms with Gasteiger partial charge in [0.1, 0.15) is 11.6 Å². The highest BCUT2D eigenvalue weighted by atomic mass is 19.1. The number of fused-ring (bicyclic) bond motifs is 1. The first-order valence-electron chi connectivity index (χ1n) is 10.4. The van der Waals surface area contributed by atoms with Crippen molar-refractivity contribution in [2.75, 3.05) is 18.4 Å². The number of anilines is 2. The molecule has 4 heterocycles. The van der Waals surface area contributed by atoms with Crippen molar-refractivity contribution in [3.63, 3.8) is 0 Å². The van der Waals surface area contributed by atoms with Gasteiger partial charge >= 0.3 is 0 Å². The fourth-order valence-corrected chi connectivity index (χ4v) is 4.06. The average molecular weight is 423 g/mol. The molecule has 4 aromatic rings. The molecule has 5 rings (SSSR count). The lowest BCUT2D eigenvalue weighted by Gasteiger charge is -2.14. The molecule has 31 heavy (non-hydrogen) atoms.